The highest BCUT2D eigenvalue weighted by Gasteiger charge is 2.32. The predicted molar refractivity (Wildman–Crippen MR) is 100 cm³/mol. The molecule has 1 saturated carbocycles. The van der Waals surface area contributed by atoms with Crippen molar-refractivity contribution in [1.82, 2.24) is 14.9 Å². The smallest absolute Gasteiger partial charge is 0.253 e. The highest BCUT2D eigenvalue weighted by atomic mass is 32.2. The highest BCUT2D eigenvalue weighted by molar-refractivity contribution is 7.89. The minimum absolute atomic E-state index is 0.0241. The van der Waals surface area contributed by atoms with Crippen molar-refractivity contribution in [2.24, 2.45) is 5.92 Å². The second kappa shape index (κ2) is 8.11. The molecule has 0 spiro atoms. The number of amides is 2. The Balaban J connectivity index is 1.64. The molecular weight excluding hydrogens is 366 g/mol. The average molecular weight is 389 g/mol. The van der Waals surface area contributed by atoms with E-state index in [9.17, 15) is 18.0 Å². The summed E-state index contributed by atoms with van der Waals surface area (Å²) in [6.45, 7) is 0.887. The third-order valence-electron chi connectivity index (χ3n) is 4.78. The third-order valence-corrected chi connectivity index (χ3v) is 6.20. The van der Waals surface area contributed by atoms with Gasteiger partial charge < -0.3 is 10.2 Å². The van der Waals surface area contributed by atoms with Gasteiger partial charge in [0.2, 0.25) is 15.9 Å². The molecular formula is C19H23N3O4S. The summed E-state index contributed by atoms with van der Waals surface area (Å²) in [6, 6.07) is 6.04. The quantitative estimate of drug-likeness (QED) is 0.701. The number of sulfonamides is 1. The number of hydrogen-bond donors (Lipinski definition) is 2. The van der Waals surface area contributed by atoms with Crippen molar-refractivity contribution >= 4 is 21.8 Å². The minimum Gasteiger partial charge on any atom is -0.353 e. The summed E-state index contributed by atoms with van der Waals surface area (Å²) in [7, 11) is -3.69. The number of carbonyl (C=O) groups excluding carboxylic acids is 2. The van der Waals surface area contributed by atoms with Crippen LogP contribution in [0.5, 0.6) is 0 Å². The van der Waals surface area contributed by atoms with E-state index in [-0.39, 0.29) is 29.2 Å². The van der Waals surface area contributed by atoms with Crippen LogP contribution in [0.15, 0.2) is 29.2 Å². The SMILES string of the molecule is C#CCNS(=O)(=O)c1ccc(C(=O)N2CCCC(C(=O)NC3CC3)C2)cc1. The number of carbonyl (C=O) groups is 2. The van der Waals surface area contributed by atoms with Crippen molar-refractivity contribution in [3.8, 4) is 12.3 Å². The highest BCUT2D eigenvalue weighted by Crippen LogP contribution is 2.23. The Bertz CT molecular complexity index is 854. The Morgan fingerprint density at radius 3 is 2.52 bits per heavy atom. The fourth-order valence-corrected chi connectivity index (χ4v) is 4.04. The fraction of sp³-hybridized carbons (Fsp3) is 0.474. The maximum atomic E-state index is 12.7. The molecule has 0 aromatic heterocycles. The van der Waals surface area contributed by atoms with Crippen LogP contribution in [0.1, 0.15) is 36.0 Å². The second-order valence-corrected chi connectivity index (χ2v) is 8.69. The van der Waals surface area contributed by atoms with Crippen LogP contribution >= 0.6 is 0 Å². The first-order chi connectivity index (χ1) is 12.9. The molecule has 2 N–H and O–H groups in total. The molecule has 1 unspecified atom stereocenters. The van der Waals surface area contributed by atoms with Crippen LogP contribution in [-0.2, 0) is 14.8 Å². The molecule has 0 bridgehead atoms. The first-order valence-corrected chi connectivity index (χ1v) is 10.5. The van der Waals surface area contributed by atoms with Crippen LogP contribution < -0.4 is 10.0 Å². The summed E-state index contributed by atoms with van der Waals surface area (Å²) in [6.07, 6.45) is 8.69. The third kappa shape index (κ3) is 4.87. The molecule has 2 fully saturated rings. The van der Waals surface area contributed by atoms with Crippen molar-refractivity contribution in [2.75, 3.05) is 19.6 Å². The van der Waals surface area contributed by atoms with Crippen LogP contribution in [0.2, 0.25) is 0 Å². The second-order valence-electron chi connectivity index (χ2n) is 6.93. The maximum absolute atomic E-state index is 12.7. The molecule has 1 heterocycles. The van der Waals surface area contributed by atoms with Crippen molar-refractivity contribution in [2.45, 2.75) is 36.6 Å². The molecule has 27 heavy (non-hydrogen) atoms. The number of benzene rings is 1. The van der Waals surface area contributed by atoms with E-state index in [4.69, 9.17) is 6.42 Å². The van der Waals surface area contributed by atoms with Crippen molar-refractivity contribution < 1.29 is 18.0 Å². The summed E-state index contributed by atoms with van der Waals surface area (Å²) >= 11 is 0. The Labute approximate surface area is 159 Å². The van der Waals surface area contributed by atoms with E-state index in [0.29, 0.717) is 24.7 Å². The van der Waals surface area contributed by atoms with E-state index in [0.717, 1.165) is 25.7 Å². The molecule has 7 nitrogen and oxygen atoms in total. The van der Waals surface area contributed by atoms with Gasteiger partial charge in [-0.15, -0.1) is 6.42 Å². The van der Waals surface area contributed by atoms with Crippen LogP contribution in [-0.4, -0.2) is 50.8 Å². The molecule has 1 atom stereocenters. The van der Waals surface area contributed by atoms with Crippen molar-refractivity contribution in [3.63, 3.8) is 0 Å². The molecule has 3 rings (SSSR count). The summed E-state index contributed by atoms with van der Waals surface area (Å²) in [4.78, 5) is 26.7. The van der Waals surface area contributed by atoms with E-state index < -0.39 is 10.0 Å². The molecule has 8 heteroatoms. The van der Waals surface area contributed by atoms with Crippen LogP contribution in [0.4, 0.5) is 0 Å². The first kappa shape index (κ1) is 19.4. The normalized spacial score (nSPS) is 20.0. The zero-order valence-electron chi connectivity index (χ0n) is 15.0. The van der Waals surface area contributed by atoms with Crippen LogP contribution in [0.25, 0.3) is 0 Å². The Kier molecular flexibility index (Phi) is 5.82. The topological polar surface area (TPSA) is 95.6 Å². The summed E-state index contributed by atoms with van der Waals surface area (Å²) in [5.41, 5.74) is 0.397. The lowest BCUT2D eigenvalue weighted by Gasteiger charge is -2.32. The lowest BCUT2D eigenvalue weighted by Crippen LogP contribution is -2.45. The molecule has 1 aliphatic heterocycles. The van der Waals surface area contributed by atoms with Gasteiger partial charge in [0.15, 0.2) is 0 Å². The van der Waals surface area contributed by atoms with Gasteiger partial charge in [-0.1, -0.05) is 5.92 Å². The van der Waals surface area contributed by atoms with Gasteiger partial charge in [-0.2, -0.15) is 4.72 Å². The Morgan fingerprint density at radius 2 is 1.89 bits per heavy atom. The van der Waals surface area contributed by atoms with Crippen LogP contribution in [0.3, 0.4) is 0 Å². The van der Waals surface area contributed by atoms with E-state index >= 15 is 0 Å². The molecule has 1 aliphatic carbocycles. The van der Waals surface area contributed by atoms with Crippen molar-refractivity contribution in [1.29, 1.82) is 0 Å². The van der Waals surface area contributed by atoms with Crippen molar-refractivity contribution in [3.05, 3.63) is 29.8 Å². The number of terminal acetylenes is 1. The van der Waals surface area contributed by atoms with Gasteiger partial charge in [0.1, 0.15) is 0 Å². The maximum Gasteiger partial charge on any atom is 0.253 e. The van der Waals surface area contributed by atoms with Gasteiger partial charge in [-0.3, -0.25) is 9.59 Å². The monoisotopic (exact) mass is 389 g/mol. The van der Waals surface area contributed by atoms with Gasteiger partial charge in [0.25, 0.3) is 5.91 Å². The molecule has 2 aliphatic rings. The number of hydrogen-bond acceptors (Lipinski definition) is 4. The standard InChI is InChI=1S/C19H23N3O4S/c1-2-11-20-27(25,26)17-9-5-14(6-10-17)19(24)22-12-3-4-15(13-22)18(23)21-16-7-8-16/h1,5-6,9-10,15-16,20H,3-4,7-8,11-13H2,(H,21,23). The van der Waals surface area contributed by atoms with Gasteiger partial charge in [-0.05, 0) is 49.9 Å². The van der Waals surface area contributed by atoms with Gasteiger partial charge in [0.05, 0.1) is 17.4 Å². The van der Waals surface area contributed by atoms with Gasteiger partial charge >= 0.3 is 0 Å². The molecule has 1 aromatic rings. The van der Waals surface area contributed by atoms with Crippen LogP contribution in [0, 0.1) is 18.3 Å². The molecule has 2 amide bonds. The van der Waals surface area contributed by atoms with E-state index in [1.807, 2.05) is 0 Å². The Hall–Kier alpha value is -2.37. The number of nitrogens with zero attached hydrogens (tertiary/aromatic N) is 1. The zero-order valence-corrected chi connectivity index (χ0v) is 15.8. The molecule has 0 radical (unpaired) electrons. The molecule has 1 saturated heterocycles. The number of likely N-dealkylation sites (tertiary alicyclic amines) is 1. The van der Waals surface area contributed by atoms with E-state index in [1.54, 1.807) is 4.90 Å². The van der Waals surface area contributed by atoms with E-state index in [1.165, 1.54) is 24.3 Å². The summed E-state index contributed by atoms with van der Waals surface area (Å²) in [5.74, 6) is 1.86. The first-order valence-electron chi connectivity index (χ1n) is 9.03. The fourth-order valence-electron chi connectivity index (χ4n) is 3.10. The lowest BCUT2D eigenvalue weighted by atomic mass is 9.96. The predicted octanol–water partition coefficient (Wildman–Crippen LogP) is 0.729. The Morgan fingerprint density at radius 1 is 1.19 bits per heavy atom. The van der Waals surface area contributed by atoms with E-state index in [2.05, 4.69) is 16.0 Å². The summed E-state index contributed by atoms with van der Waals surface area (Å²) < 4.78 is 26.3. The molecule has 1 aromatic carbocycles. The number of piperidine rings is 1. The molecule has 144 valence electrons. The van der Waals surface area contributed by atoms with Gasteiger partial charge in [-0.25, -0.2) is 8.42 Å². The number of nitrogens with one attached hydrogen (secondary N) is 2. The largest absolute Gasteiger partial charge is 0.353 e. The lowest BCUT2D eigenvalue weighted by molar-refractivity contribution is -0.126. The van der Waals surface area contributed by atoms with Gasteiger partial charge in [0, 0.05) is 24.7 Å². The number of rotatable bonds is 6. The average Bonchev–Trinajstić information content (AvgIpc) is 3.50. The minimum atomic E-state index is -3.69. The zero-order chi connectivity index (χ0) is 19.4. The summed E-state index contributed by atoms with van der Waals surface area (Å²) in [5, 5.41) is 3.00.